The Hall–Kier alpha value is -3.22. The maximum Gasteiger partial charge on any atom is 0.123 e. The fourth-order valence-electron chi connectivity index (χ4n) is 22.0. The molecule has 3 aromatic carbocycles. The maximum absolute atomic E-state index is 6.78. The van der Waals surface area contributed by atoms with Gasteiger partial charge in [0.25, 0.3) is 0 Å². The van der Waals surface area contributed by atoms with E-state index in [0.29, 0.717) is 45.0 Å². The van der Waals surface area contributed by atoms with Crippen molar-refractivity contribution in [2.24, 2.45) is 71.0 Å². The predicted molar refractivity (Wildman–Crippen MR) is 328 cm³/mol. The zero-order valence-corrected chi connectivity index (χ0v) is 52.2. The fourth-order valence-corrected chi connectivity index (χ4v) is 22.3. The zero-order valence-electron chi connectivity index (χ0n) is 50.7. The van der Waals surface area contributed by atoms with Crippen LogP contribution in [0.1, 0.15) is 196 Å². The quantitative estimate of drug-likeness (QED) is 0.0458. The minimum atomic E-state index is 0.119. The molecule has 0 N–H and O–H groups in total. The molecule has 0 unspecified atom stereocenters. The summed E-state index contributed by atoms with van der Waals surface area (Å²) in [6.45, 7) is 6.08. The summed E-state index contributed by atoms with van der Waals surface area (Å²) in [5.41, 5.74) is 3.53. The molecule has 3 aromatic rings. The lowest BCUT2D eigenvalue weighted by Gasteiger charge is -2.56. The first-order valence-electron chi connectivity index (χ1n) is 34.4. The van der Waals surface area contributed by atoms with Gasteiger partial charge in [-0.2, -0.15) is 0 Å². The normalized spacial score (nSPS) is 37.5. The summed E-state index contributed by atoms with van der Waals surface area (Å²) in [6, 6.07) is 18.7. The van der Waals surface area contributed by atoms with Crippen molar-refractivity contribution in [3.63, 3.8) is 0 Å². The first-order valence-corrected chi connectivity index (χ1v) is 35.5. The predicted octanol–water partition coefficient (Wildman–Crippen LogP) is 16.8. The van der Waals surface area contributed by atoms with Crippen molar-refractivity contribution < 1.29 is 47.4 Å². The van der Waals surface area contributed by atoms with Crippen LogP contribution in [0, 0.1) is 71.0 Å². The molecule has 16 fully saturated rings. The lowest BCUT2D eigenvalue weighted by molar-refractivity contribution is -0.163. The molecule has 16 bridgehead atoms. The van der Waals surface area contributed by atoms with E-state index < -0.39 is 0 Å². The first-order chi connectivity index (χ1) is 41.1. The number of ether oxygens (including phenoxy) is 10. The third-order valence-electron chi connectivity index (χ3n) is 23.6. The Morgan fingerprint density at radius 2 is 0.464 bits per heavy atom. The molecular weight excluding hydrogens is 1120 g/mol. The highest BCUT2D eigenvalue weighted by Gasteiger charge is 2.55. The number of halogens is 1. The van der Waals surface area contributed by atoms with Crippen LogP contribution in [0.2, 0.25) is 0 Å². The molecule has 0 radical (unpaired) electrons. The van der Waals surface area contributed by atoms with Gasteiger partial charge < -0.3 is 47.4 Å². The fraction of sp³-hybridized carbons (Fsp3) is 0.753. The third kappa shape index (κ3) is 13.4. The van der Waals surface area contributed by atoms with E-state index in [1.165, 1.54) is 154 Å². The van der Waals surface area contributed by atoms with Crippen molar-refractivity contribution >= 4 is 15.9 Å². The summed E-state index contributed by atoms with van der Waals surface area (Å²) < 4.78 is 66.5. The van der Waals surface area contributed by atoms with E-state index in [9.17, 15) is 0 Å². The highest BCUT2D eigenvalue weighted by molar-refractivity contribution is 9.08. The van der Waals surface area contributed by atoms with Crippen LogP contribution in [0.25, 0.3) is 0 Å². The Morgan fingerprint density at radius 3 is 0.679 bits per heavy atom. The van der Waals surface area contributed by atoms with Crippen LogP contribution in [0.5, 0.6) is 34.5 Å². The highest BCUT2D eigenvalue weighted by Crippen LogP contribution is 2.61. The molecule has 0 aromatic heterocycles. The molecule has 0 amide bonds. The van der Waals surface area contributed by atoms with E-state index in [2.05, 4.69) is 52.3 Å². The lowest BCUT2D eigenvalue weighted by atomic mass is 9.54. The Balaban J connectivity index is 0.575. The second-order valence-electron chi connectivity index (χ2n) is 30.8. The third-order valence-corrected chi connectivity index (χ3v) is 24.2. The van der Waals surface area contributed by atoms with Crippen molar-refractivity contribution in [2.45, 2.75) is 221 Å². The number of hydrogen-bond donors (Lipinski definition) is 0. The van der Waals surface area contributed by atoms with Gasteiger partial charge >= 0.3 is 0 Å². The minimum Gasteiger partial charge on any atom is -0.493 e. The highest BCUT2D eigenvalue weighted by atomic mass is 79.9. The van der Waals surface area contributed by atoms with Crippen molar-refractivity contribution in [1.82, 2.24) is 0 Å². The summed E-state index contributed by atoms with van der Waals surface area (Å²) in [4.78, 5) is 0. The monoisotopic (exact) mass is 1210 g/mol. The van der Waals surface area contributed by atoms with Crippen LogP contribution in [-0.2, 0) is 37.5 Å². The molecule has 0 atom stereocenters. The van der Waals surface area contributed by atoms with Crippen LogP contribution in [-0.4, -0.2) is 75.3 Å². The number of rotatable bonds is 31. The largest absolute Gasteiger partial charge is 0.493 e. The minimum absolute atomic E-state index is 0.119. The van der Waals surface area contributed by atoms with Crippen LogP contribution in [0.15, 0.2) is 54.6 Å². The van der Waals surface area contributed by atoms with Crippen LogP contribution < -0.4 is 28.4 Å². The molecule has 0 aliphatic heterocycles. The van der Waals surface area contributed by atoms with Gasteiger partial charge in [0.1, 0.15) is 47.7 Å². The van der Waals surface area contributed by atoms with E-state index in [0.717, 1.165) is 174 Å². The van der Waals surface area contributed by atoms with E-state index in [4.69, 9.17) is 47.4 Å². The van der Waals surface area contributed by atoms with Gasteiger partial charge in [0.05, 0.1) is 75.3 Å². The van der Waals surface area contributed by atoms with Crippen molar-refractivity contribution in [1.29, 1.82) is 0 Å². The van der Waals surface area contributed by atoms with Gasteiger partial charge in [-0.1, -0.05) is 15.9 Å². The molecule has 19 rings (SSSR count). The molecule has 0 saturated heterocycles. The average Bonchev–Trinajstić information content (AvgIpc) is 2.84. The van der Waals surface area contributed by atoms with Crippen molar-refractivity contribution in [3.05, 3.63) is 71.3 Å². The van der Waals surface area contributed by atoms with Gasteiger partial charge in [-0.05, 0) is 278 Å². The van der Waals surface area contributed by atoms with E-state index in [1.807, 2.05) is 18.2 Å². The number of hydrogen-bond acceptors (Lipinski definition) is 10. The molecular formula is C73H99BrO10. The molecule has 458 valence electrons. The second kappa shape index (κ2) is 24.6. The van der Waals surface area contributed by atoms with Gasteiger partial charge in [0, 0.05) is 49.2 Å². The van der Waals surface area contributed by atoms with Crippen LogP contribution in [0.4, 0.5) is 0 Å². The summed E-state index contributed by atoms with van der Waals surface area (Å²) in [5, 5.41) is 0.668. The Bertz CT molecular complexity index is 2270. The summed E-state index contributed by atoms with van der Waals surface area (Å²) >= 11 is 3.74. The zero-order chi connectivity index (χ0) is 56.1. The summed E-state index contributed by atoms with van der Waals surface area (Å²) in [6.07, 6.45) is 35.8. The molecule has 84 heavy (non-hydrogen) atoms. The number of alkyl halides is 1. The van der Waals surface area contributed by atoms with Gasteiger partial charge in [0.15, 0.2) is 0 Å². The van der Waals surface area contributed by atoms with Gasteiger partial charge in [-0.3, -0.25) is 0 Å². The van der Waals surface area contributed by atoms with Crippen LogP contribution >= 0.6 is 15.9 Å². The topological polar surface area (TPSA) is 92.3 Å². The molecule has 10 nitrogen and oxygen atoms in total. The van der Waals surface area contributed by atoms with E-state index in [-0.39, 0.29) is 22.4 Å². The number of benzene rings is 3. The Morgan fingerprint density at radius 1 is 0.262 bits per heavy atom. The lowest BCUT2D eigenvalue weighted by Crippen LogP contribution is -2.52. The van der Waals surface area contributed by atoms with Gasteiger partial charge in [-0.15, -0.1) is 0 Å². The SMILES string of the molecule is BrCc1cc(OCc2cc(OCCCOC34CC5CC(CC(C5)C3)C4)cc(OCCCOC34CC5CC(CC(C5)C3)C4)c2)cc(OCc2cc(OCCCOC34CC5CC(CC(C5)C3)C4)cc(OCCCOC34CC5CC(CC(C5)C3)C4)c2)c1. The van der Waals surface area contributed by atoms with Gasteiger partial charge in [0.2, 0.25) is 0 Å². The van der Waals surface area contributed by atoms with Crippen molar-refractivity contribution in [2.75, 3.05) is 52.9 Å². The summed E-state index contributed by atoms with van der Waals surface area (Å²) in [5.74, 6) is 15.3. The smallest absolute Gasteiger partial charge is 0.123 e. The summed E-state index contributed by atoms with van der Waals surface area (Å²) in [7, 11) is 0. The average molecular weight is 1220 g/mol. The Labute approximate surface area is 511 Å². The van der Waals surface area contributed by atoms with E-state index in [1.54, 1.807) is 0 Å². The standard InChI is InChI=1S/C73H99BrO10/c74-46-61-25-68(79-47-62-27-64(75-5-1-9-81-70-34-49-13-50(35-70)15-51(14-49)36-70)31-65(28-62)76-6-2-10-82-71-37-52-16-53(38-71)18-54(17-52)39-71)33-69(26-61)80-48-63-29-66(77-7-3-11-83-72-40-55-19-56(41-72)21-57(20-55)42-72)32-67(30-63)78-8-4-12-84-73-43-58-22-59(44-73)24-60(23-58)45-73/h25-33,49-60H,1-24,34-48H2. The maximum atomic E-state index is 6.78. The van der Waals surface area contributed by atoms with Crippen LogP contribution in [0.3, 0.4) is 0 Å². The molecule has 16 aliphatic carbocycles. The van der Waals surface area contributed by atoms with Gasteiger partial charge in [-0.25, -0.2) is 0 Å². The van der Waals surface area contributed by atoms with Crippen molar-refractivity contribution in [3.8, 4) is 34.5 Å². The second-order valence-corrected chi connectivity index (χ2v) is 31.3. The molecule has 0 heterocycles. The molecule has 16 aliphatic rings. The first kappa shape index (κ1) is 57.2. The van der Waals surface area contributed by atoms with E-state index >= 15 is 0 Å². The molecule has 16 saturated carbocycles. The molecule has 0 spiro atoms. The molecule has 11 heteroatoms. The Kier molecular flexibility index (Phi) is 16.8.